The van der Waals surface area contributed by atoms with E-state index in [1.807, 2.05) is 60.7 Å². The highest BCUT2D eigenvalue weighted by molar-refractivity contribution is 6.02. The van der Waals surface area contributed by atoms with Crippen LogP contribution in [0.5, 0.6) is 0 Å². The van der Waals surface area contributed by atoms with Crippen LogP contribution in [0.4, 0.5) is 20.2 Å². The van der Waals surface area contributed by atoms with Crippen LogP contribution >= 0.6 is 0 Å². The zero-order chi connectivity index (χ0) is 48.0. The molecule has 4 aliphatic rings. The maximum atomic E-state index is 13.5. The number of carboxylic acid groups (broad SMARTS) is 2. The van der Waals surface area contributed by atoms with Gasteiger partial charge in [-0.05, 0) is 126 Å². The van der Waals surface area contributed by atoms with Gasteiger partial charge in [0.05, 0.1) is 11.1 Å². The van der Waals surface area contributed by atoms with Crippen molar-refractivity contribution in [2.24, 2.45) is 11.5 Å². The number of fused-ring (bicyclic) bond motifs is 12. The molecule has 12 rings (SSSR count). The summed E-state index contributed by atoms with van der Waals surface area (Å²) >= 11 is 0. The highest BCUT2D eigenvalue weighted by Gasteiger charge is 2.29. The summed E-state index contributed by atoms with van der Waals surface area (Å²) in [6.07, 6.45) is 2.10. The van der Waals surface area contributed by atoms with Crippen molar-refractivity contribution in [1.82, 2.24) is 0 Å². The Bertz CT molecular complexity index is 2990. The van der Waals surface area contributed by atoms with Gasteiger partial charge in [0, 0.05) is 59.3 Å². The molecule has 0 saturated heterocycles. The van der Waals surface area contributed by atoms with Crippen molar-refractivity contribution in [3.8, 4) is 44.5 Å². The number of carboxylic acids is 2. The van der Waals surface area contributed by atoms with Crippen LogP contribution in [0, 0.1) is 11.6 Å². The van der Waals surface area contributed by atoms with Gasteiger partial charge in [0.25, 0.3) is 0 Å². The summed E-state index contributed by atoms with van der Waals surface area (Å²) in [5.74, 6) is -3.37. The topological polar surface area (TPSA) is 213 Å². The number of aromatic carboxylic acids is 2. The molecule has 0 saturated carbocycles. The molecule has 8 aromatic rings. The van der Waals surface area contributed by atoms with Crippen molar-refractivity contribution in [1.29, 1.82) is 0 Å². The lowest BCUT2D eigenvalue weighted by molar-refractivity contribution is 0.0686. The molecule has 8 aromatic carbocycles. The largest absolute Gasteiger partial charge is 0.478 e. The molecule has 2 amide bonds. The van der Waals surface area contributed by atoms with E-state index in [2.05, 4.69) is 12.1 Å². The van der Waals surface area contributed by atoms with Crippen molar-refractivity contribution >= 4 is 35.1 Å². The molecule has 0 aromatic heterocycles. The summed E-state index contributed by atoms with van der Waals surface area (Å²) in [6.45, 7) is 0. The number of nitrogens with two attached hydrogens (primary N) is 4. The molecular formula is C56H42F2N4O6. The van der Waals surface area contributed by atoms with Crippen LogP contribution in [-0.4, -0.2) is 34.0 Å². The van der Waals surface area contributed by atoms with Crippen molar-refractivity contribution < 1.29 is 38.2 Å². The summed E-state index contributed by atoms with van der Waals surface area (Å²) < 4.78 is 26.9. The Labute approximate surface area is 389 Å². The molecule has 0 radical (unpaired) electrons. The molecule has 10 nitrogen and oxygen atoms in total. The van der Waals surface area contributed by atoms with Crippen LogP contribution in [0.15, 0.2) is 146 Å². The number of benzene rings is 8. The summed E-state index contributed by atoms with van der Waals surface area (Å²) in [5, 5.41) is 18.4. The first kappa shape index (κ1) is 44.3. The fourth-order valence-electron chi connectivity index (χ4n) is 9.78. The van der Waals surface area contributed by atoms with Gasteiger partial charge in [0.1, 0.15) is 11.6 Å². The van der Waals surface area contributed by atoms with Gasteiger partial charge in [0.2, 0.25) is 11.8 Å². The first-order valence-electron chi connectivity index (χ1n) is 21.6. The normalized spacial score (nSPS) is 12.0. The standard InChI is InChI=1S/C15H12N2O2.C15H10O4.C13H8F2.C13H12N2/c16-14(18)10-5-1-3-8-9-4-2-6-11(15(17)19)13(9)7-12(8)10;16-14(17)10-5-1-3-8-9-4-2-6-11(15(18)19)13(9)7-12(8)10;2*14-12-5-1-3-8-9-4-2-6-13(15)11(9)7-10(8)12/h1-6H,7H2,(H2,16,18)(H2,17,19);1-6H,7H2,(H,16,17)(H,18,19);1-6H,7H2;1-6H,7,14-15H2. The lowest BCUT2D eigenvalue weighted by Crippen LogP contribution is -2.14. The average Bonchev–Trinajstić information content (AvgIpc) is 4.11. The molecule has 0 fully saturated rings. The number of halogens is 2. The van der Waals surface area contributed by atoms with Gasteiger partial charge in [-0.25, -0.2) is 18.4 Å². The fraction of sp³-hybridized carbons (Fsp3) is 0.0714. The number of hydrogen-bond donors (Lipinski definition) is 6. The van der Waals surface area contributed by atoms with Crippen molar-refractivity contribution in [3.05, 3.63) is 224 Å². The first-order chi connectivity index (χ1) is 32.7. The van der Waals surface area contributed by atoms with Gasteiger partial charge in [-0.15, -0.1) is 0 Å². The van der Waals surface area contributed by atoms with Crippen LogP contribution < -0.4 is 22.9 Å². The molecule has 0 heterocycles. The predicted molar refractivity (Wildman–Crippen MR) is 258 cm³/mol. The van der Waals surface area contributed by atoms with E-state index >= 15 is 0 Å². The number of carbonyl (C=O) groups excluding carboxylic acids is 2. The van der Waals surface area contributed by atoms with Crippen LogP contribution in [0.2, 0.25) is 0 Å². The van der Waals surface area contributed by atoms with E-state index in [0.29, 0.717) is 52.6 Å². The second-order valence-electron chi connectivity index (χ2n) is 16.7. The Morgan fingerprint density at radius 1 is 0.338 bits per heavy atom. The third kappa shape index (κ3) is 7.87. The van der Waals surface area contributed by atoms with Crippen molar-refractivity contribution in [3.63, 3.8) is 0 Å². The second kappa shape index (κ2) is 17.8. The van der Waals surface area contributed by atoms with E-state index in [1.54, 1.807) is 60.7 Å². The molecule has 0 aliphatic heterocycles. The first-order valence-corrected chi connectivity index (χ1v) is 21.6. The van der Waals surface area contributed by atoms with Crippen molar-refractivity contribution in [2.45, 2.75) is 25.7 Å². The minimum absolute atomic E-state index is 0.241. The number of rotatable bonds is 4. The Morgan fingerprint density at radius 2 is 0.574 bits per heavy atom. The zero-order valence-electron chi connectivity index (χ0n) is 36.3. The van der Waals surface area contributed by atoms with E-state index in [0.717, 1.165) is 62.3 Å². The number of hydrogen-bond acceptors (Lipinski definition) is 6. The minimum Gasteiger partial charge on any atom is -0.478 e. The molecule has 336 valence electrons. The number of amides is 2. The monoisotopic (exact) mass is 904 g/mol. The predicted octanol–water partition coefficient (Wildman–Crippen LogP) is 10.1. The van der Waals surface area contributed by atoms with Gasteiger partial charge < -0.3 is 33.1 Å². The summed E-state index contributed by atoms with van der Waals surface area (Å²) in [5.41, 5.74) is 40.4. The summed E-state index contributed by atoms with van der Waals surface area (Å²) in [6, 6.07) is 42.9. The minimum atomic E-state index is -0.985. The second-order valence-corrected chi connectivity index (χ2v) is 16.7. The molecule has 4 aliphatic carbocycles. The van der Waals surface area contributed by atoms with Gasteiger partial charge in [0.15, 0.2) is 0 Å². The lowest BCUT2D eigenvalue weighted by atomic mass is 10.0. The van der Waals surface area contributed by atoms with Crippen LogP contribution in [0.1, 0.15) is 85.9 Å². The molecular weight excluding hydrogens is 863 g/mol. The zero-order valence-corrected chi connectivity index (χ0v) is 36.3. The number of primary amides is 2. The molecule has 0 unspecified atom stereocenters. The number of anilines is 2. The molecule has 10 N–H and O–H groups in total. The van der Waals surface area contributed by atoms with Crippen molar-refractivity contribution in [2.75, 3.05) is 11.5 Å². The van der Waals surface area contributed by atoms with Gasteiger partial charge in [-0.2, -0.15) is 0 Å². The SMILES string of the molecule is Fc1cccc2c1Cc1c(F)cccc1-2.NC(=O)c1cccc2c1Cc1c(C(N)=O)cccc1-2.Nc1cccc2c1Cc1c(N)cccc1-2.O=C(O)c1cccc2c1Cc1c(C(=O)O)cccc1-2. The molecule has 0 bridgehead atoms. The van der Waals surface area contributed by atoms with Crippen LogP contribution in [-0.2, 0) is 25.7 Å². The highest BCUT2D eigenvalue weighted by Crippen LogP contribution is 2.43. The highest BCUT2D eigenvalue weighted by atomic mass is 19.1. The van der Waals surface area contributed by atoms with E-state index < -0.39 is 23.8 Å². The molecule has 0 atom stereocenters. The third-order valence-electron chi connectivity index (χ3n) is 12.9. The summed E-state index contributed by atoms with van der Waals surface area (Å²) in [7, 11) is 0. The number of nitrogen functional groups attached to an aromatic ring is 2. The van der Waals surface area contributed by atoms with E-state index in [4.69, 9.17) is 22.9 Å². The quantitative estimate of drug-likeness (QED) is 0.0933. The van der Waals surface area contributed by atoms with Crippen LogP contribution in [0.3, 0.4) is 0 Å². The Morgan fingerprint density at radius 3 is 0.897 bits per heavy atom. The summed E-state index contributed by atoms with van der Waals surface area (Å²) in [4.78, 5) is 45.4. The third-order valence-corrected chi connectivity index (χ3v) is 12.9. The Hall–Kier alpha value is -8.90. The Kier molecular flexibility index (Phi) is 11.6. The molecule has 68 heavy (non-hydrogen) atoms. The van der Waals surface area contributed by atoms with E-state index in [1.165, 1.54) is 34.4 Å². The van der Waals surface area contributed by atoms with E-state index in [9.17, 15) is 38.2 Å². The lowest BCUT2D eigenvalue weighted by Gasteiger charge is -2.04. The maximum Gasteiger partial charge on any atom is 0.335 e. The van der Waals surface area contributed by atoms with Gasteiger partial charge >= 0.3 is 11.9 Å². The average molecular weight is 905 g/mol. The fourth-order valence-corrected chi connectivity index (χ4v) is 9.78. The van der Waals surface area contributed by atoms with E-state index in [-0.39, 0.29) is 22.8 Å². The Balaban J connectivity index is 0.000000114. The number of carbonyl (C=O) groups is 4. The van der Waals surface area contributed by atoms with Gasteiger partial charge in [-0.1, -0.05) is 97.1 Å². The van der Waals surface area contributed by atoms with Crippen LogP contribution in [0.25, 0.3) is 44.5 Å². The molecule has 0 spiro atoms. The smallest absolute Gasteiger partial charge is 0.335 e. The van der Waals surface area contributed by atoms with Gasteiger partial charge in [-0.3, -0.25) is 9.59 Å². The molecule has 12 heteroatoms. The maximum absolute atomic E-state index is 13.5.